The molecule has 0 bridgehead atoms. The quantitative estimate of drug-likeness (QED) is 0.896. The maximum Gasteiger partial charge on any atom is 0.122 e. The average molecular weight is 351 g/mol. The van der Waals surface area contributed by atoms with Crippen molar-refractivity contribution < 1.29 is 4.74 Å². The van der Waals surface area contributed by atoms with E-state index < -0.39 is 0 Å². The highest BCUT2D eigenvalue weighted by atomic mass is 16.5. The summed E-state index contributed by atoms with van der Waals surface area (Å²) in [5, 5.41) is 3.60. The molecule has 0 amide bonds. The Hall–Kier alpha value is -2.04. The average Bonchev–Trinajstić information content (AvgIpc) is 3.17. The minimum Gasteiger partial charge on any atom is -0.496 e. The van der Waals surface area contributed by atoms with Gasteiger partial charge in [0.1, 0.15) is 5.75 Å². The zero-order valence-electron chi connectivity index (χ0n) is 15.6. The maximum absolute atomic E-state index is 5.61. The Morgan fingerprint density at radius 3 is 2.42 bits per heavy atom. The highest BCUT2D eigenvalue weighted by molar-refractivity contribution is 5.46. The number of nitrogens with one attached hydrogen (secondary N) is 1. The van der Waals surface area contributed by atoms with Gasteiger partial charge in [-0.2, -0.15) is 0 Å². The largest absolute Gasteiger partial charge is 0.496 e. The van der Waals surface area contributed by atoms with Gasteiger partial charge in [-0.1, -0.05) is 36.4 Å². The van der Waals surface area contributed by atoms with Crippen molar-refractivity contribution in [1.29, 1.82) is 0 Å². The minimum absolute atomic E-state index is 0.540. The van der Waals surface area contributed by atoms with Gasteiger partial charge in [-0.05, 0) is 36.2 Å². The van der Waals surface area contributed by atoms with Crippen LogP contribution in [0.1, 0.15) is 11.5 Å². The van der Waals surface area contributed by atoms with E-state index in [0.717, 1.165) is 45.0 Å². The van der Waals surface area contributed by atoms with Gasteiger partial charge in [0.25, 0.3) is 0 Å². The first-order valence-electron chi connectivity index (χ1n) is 9.71. The summed E-state index contributed by atoms with van der Waals surface area (Å²) < 4.78 is 5.61. The van der Waals surface area contributed by atoms with Crippen LogP contribution in [0, 0.1) is 5.92 Å². The monoisotopic (exact) mass is 351 g/mol. The molecule has 0 radical (unpaired) electrons. The predicted octanol–water partition coefficient (Wildman–Crippen LogP) is 2.82. The molecule has 2 saturated heterocycles. The van der Waals surface area contributed by atoms with Crippen LogP contribution in [0.15, 0.2) is 54.6 Å². The van der Waals surface area contributed by atoms with E-state index in [-0.39, 0.29) is 0 Å². The minimum atomic E-state index is 0.540. The predicted molar refractivity (Wildman–Crippen MR) is 107 cm³/mol. The molecule has 4 heteroatoms. The van der Waals surface area contributed by atoms with Crippen molar-refractivity contribution in [2.75, 3.05) is 57.8 Å². The molecule has 2 atom stereocenters. The molecule has 0 aromatic heterocycles. The van der Waals surface area contributed by atoms with Crippen LogP contribution in [0.3, 0.4) is 0 Å². The Morgan fingerprint density at radius 1 is 0.923 bits per heavy atom. The lowest BCUT2D eigenvalue weighted by atomic mass is 9.87. The number of nitrogens with zero attached hydrogens (tertiary/aromatic N) is 2. The number of methoxy groups -OCH3 is 1. The van der Waals surface area contributed by atoms with E-state index in [1.807, 2.05) is 0 Å². The molecular weight excluding hydrogens is 322 g/mol. The molecule has 2 aliphatic rings. The molecule has 2 aromatic carbocycles. The third-order valence-electron chi connectivity index (χ3n) is 5.86. The van der Waals surface area contributed by atoms with E-state index in [1.54, 1.807) is 7.11 Å². The Kier molecular flexibility index (Phi) is 5.42. The van der Waals surface area contributed by atoms with Crippen LogP contribution in [-0.2, 0) is 0 Å². The molecule has 2 aliphatic heterocycles. The van der Waals surface area contributed by atoms with Crippen molar-refractivity contribution in [3.05, 3.63) is 60.2 Å². The first kappa shape index (κ1) is 17.4. The third kappa shape index (κ3) is 3.71. The fraction of sp³-hybridized carbons (Fsp3) is 0.455. The summed E-state index contributed by atoms with van der Waals surface area (Å²) in [6.07, 6.45) is 0. The molecule has 0 saturated carbocycles. The van der Waals surface area contributed by atoms with Gasteiger partial charge in [-0.25, -0.2) is 0 Å². The van der Waals surface area contributed by atoms with Crippen LogP contribution in [0.25, 0.3) is 0 Å². The van der Waals surface area contributed by atoms with E-state index >= 15 is 0 Å². The molecule has 2 aromatic rings. The topological polar surface area (TPSA) is 27.7 Å². The first-order valence-corrected chi connectivity index (χ1v) is 9.71. The van der Waals surface area contributed by atoms with Crippen molar-refractivity contribution in [3.8, 4) is 5.75 Å². The van der Waals surface area contributed by atoms with E-state index in [0.29, 0.717) is 11.8 Å². The van der Waals surface area contributed by atoms with Crippen LogP contribution in [0.5, 0.6) is 5.75 Å². The second kappa shape index (κ2) is 8.11. The van der Waals surface area contributed by atoms with Gasteiger partial charge < -0.3 is 15.0 Å². The van der Waals surface area contributed by atoms with E-state index in [4.69, 9.17) is 4.74 Å². The Balaban J connectivity index is 1.37. The number of hydrogen-bond donors (Lipinski definition) is 1. The molecule has 2 unspecified atom stereocenters. The lowest BCUT2D eigenvalue weighted by Crippen LogP contribution is -2.48. The Bertz CT molecular complexity index is 698. The summed E-state index contributed by atoms with van der Waals surface area (Å²) in [6.45, 7) is 7.83. The highest BCUT2D eigenvalue weighted by Gasteiger charge is 2.32. The van der Waals surface area contributed by atoms with Gasteiger partial charge in [-0.15, -0.1) is 0 Å². The van der Waals surface area contributed by atoms with Gasteiger partial charge in [0.15, 0.2) is 0 Å². The second-order valence-corrected chi connectivity index (χ2v) is 7.39. The molecular formula is C22H29N3O. The fourth-order valence-electron chi connectivity index (χ4n) is 4.42. The second-order valence-electron chi connectivity index (χ2n) is 7.39. The fourth-order valence-corrected chi connectivity index (χ4v) is 4.42. The molecule has 2 fully saturated rings. The summed E-state index contributed by atoms with van der Waals surface area (Å²) in [5.41, 5.74) is 2.70. The van der Waals surface area contributed by atoms with Gasteiger partial charge in [-0.3, -0.25) is 4.90 Å². The molecule has 26 heavy (non-hydrogen) atoms. The lowest BCUT2D eigenvalue weighted by Gasteiger charge is -2.38. The standard InChI is InChI=1S/C22H29N3O/c1-26-22-10-6-5-9-20(22)21-16-23-15-18(21)17-24-11-13-25(14-12-24)19-7-3-2-4-8-19/h2-10,18,21,23H,11-17H2,1H3. The highest BCUT2D eigenvalue weighted by Crippen LogP contribution is 2.34. The smallest absolute Gasteiger partial charge is 0.122 e. The number of para-hydroxylation sites is 2. The number of benzene rings is 2. The molecule has 4 nitrogen and oxygen atoms in total. The summed E-state index contributed by atoms with van der Waals surface area (Å²) in [4.78, 5) is 5.14. The summed E-state index contributed by atoms with van der Waals surface area (Å²) in [7, 11) is 1.78. The van der Waals surface area contributed by atoms with E-state index in [2.05, 4.69) is 69.7 Å². The molecule has 138 valence electrons. The van der Waals surface area contributed by atoms with Gasteiger partial charge in [0, 0.05) is 50.9 Å². The van der Waals surface area contributed by atoms with Crippen LogP contribution in [0.4, 0.5) is 5.69 Å². The normalized spacial score (nSPS) is 24.0. The first-order chi connectivity index (χ1) is 12.8. The van der Waals surface area contributed by atoms with Crippen molar-refractivity contribution in [2.24, 2.45) is 5.92 Å². The zero-order valence-corrected chi connectivity index (χ0v) is 15.6. The molecule has 4 rings (SSSR count). The summed E-state index contributed by atoms with van der Waals surface area (Å²) in [6, 6.07) is 19.3. The van der Waals surface area contributed by atoms with Gasteiger partial charge >= 0.3 is 0 Å². The molecule has 0 aliphatic carbocycles. The van der Waals surface area contributed by atoms with Crippen molar-refractivity contribution in [2.45, 2.75) is 5.92 Å². The Morgan fingerprint density at radius 2 is 1.65 bits per heavy atom. The summed E-state index contributed by atoms with van der Waals surface area (Å²) in [5.74, 6) is 2.22. The molecule has 2 heterocycles. The van der Waals surface area contributed by atoms with E-state index in [1.165, 1.54) is 17.8 Å². The van der Waals surface area contributed by atoms with Gasteiger partial charge in [0.05, 0.1) is 7.11 Å². The number of anilines is 1. The lowest BCUT2D eigenvalue weighted by molar-refractivity contribution is 0.216. The third-order valence-corrected chi connectivity index (χ3v) is 5.86. The van der Waals surface area contributed by atoms with E-state index in [9.17, 15) is 0 Å². The Labute approximate surface area is 156 Å². The van der Waals surface area contributed by atoms with Gasteiger partial charge in [0.2, 0.25) is 0 Å². The molecule has 1 N–H and O–H groups in total. The number of hydrogen-bond acceptors (Lipinski definition) is 4. The van der Waals surface area contributed by atoms with Crippen LogP contribution in [-0.4, -0.2) is 57.8 Å². The van der Waals surface area contributed by atoms with Crippen molar-refractivity contribution in [1.82, 2.24) is 10.2 Å². The van der Waals surface area contributed by atoms with Crippen molar-refractivity contribution >= 4 is 5.69 Å². The van der Waals surface area contributed by atoms with Crippen LogP contribution in [0.2, 0.25) is 0 Å². The molecule has 0 spiro atoms. The SMILES string of the molecule is COc1ccccc1C1CNCC1CN1CCN(c2ccccc2)CC1. The van der Waals surface area contributed by atoms with Crippen molar-refractivity contribution in [3.63, 3.8) is 0 Å². The number of rotatable bonds is 5. The summed E-state index contributed by atoms with van der Waals surface area (Å²) >= 11 is 0. The number of ether oxygens (including phenoxy) is 1. The number of piperazine rings is 1. The van der Waals surface area contributed by atoms with Crippen LogP contribution >= 0.6 is 0 Å². The maximum atomic E-state index is 5.61. The van der Waals surface area contributed by atoms with Crippen LogP contribution < -0.4 is 15.0 Å². The zero-order chi connectivity index (χ0) is 17.8.